The predicted octanol–water partition coefficient (Wildman–Crippen LogP) is 4.86. The highest BCUT2D eigenvalue weighted by molar-refractivity contribution is 5.86. The molecular formula is C29H30N6O4. The van der Waals surface area contributed by atoms with E-state index in [4.69, 9.17) is 14.2 Å². The summed E-state index contributed by atoms with van der Waals surface area (Å²) in [7, 11) is 0. The molecule has 1 aliphatic rings. The number of aromatic nitrogens is 2. The van der Waals surface area contributed by atoms with Crippen molar-refractivity contribution >= 4 is 23.0 Å². The number of benzene rings is 2. The van der Waals surface area contributed by atoms with Gasteiger partial charge in [-0.25, -0.2) is 9.31 Å². The van der Waals surface area contributed by atoms with Crippen LogP contribution in [0.5, 0.6) is 17.2 Å². The van der Waals surface area contributed by atoms with Crippen LogP contribution in [-0.4, -0.2) is 60.0 Å². The van der Waals surface area contributed by atoms with Gasteiger partial charge in [-0.2, -0.15) is 10.4 Å². The number of para-hydroxylation sites is 1. The molecule has 0 aliphatic carbocycles. The SMILES string of the molecule is Cc1c(OC(=O)NCCCN2CCOCC2)cn2ncc(C#N)c(Nc3ccc(Oc4ccccc4)cc3)c12. The van der Waals surface area contributed by atoms with Crippen LogP contribution in [0.25, 0.3) is 5.52 Å². The Morgan fingerprint density at radius 3 is 2.59 bits per heavy atom. The smallest absolute Gasteiger partial charge is 0.412 e. The number of carbonyl (C=O) groups excluding carboxylic acids is 1. The van der Waals surface area contributed by atoms with Crippen molar-refractivity contribution in [3.63, 3.8) is 0 Å². The predicted molar refractivity (Wildman–Crippen MR) is 147 cm³/mol. The van der Waals surface area contributed by atoms with E-state index in [1.807, 2.05) is 61.5 Å². The molecule has 10 heteroatoms. The van der Waals surface area contributed by atoms with E-state index in [-0.39, 0.29) is 0 Å². The van der Waals surface area contributed by atoms with Crippen molar-refractivity contribution in [3.8, 4) is 23.3 Å². The molecule has 5 rings (SSSR count). The number of hydrogen-bond donors (Lipinski definition) is 2. The number of aryl methyl sites for hydroxylation is 1. The van der Waals surface area contributed by atoms with Crippen LogP contribution in [0.4, 0.5) is 16.2 Å². The van der Waals surface area contributed by atoms with E-state index in [1.165, 1.54) is 6.20 Å². The number of nitrogens with one attached hydrogen (secondary N) is 2. The van der Waals surface area contributed by atoms with E-state index < -0.39 is 6.09 Å². The summed E-state index contributed by atoms with van der Waals surface area (Å²) in [6.45, 7) is 6.58. The lowest BCUT2D eigenvalue weighted by molar-refractivity contribution is 0.0375. The van der Waals surface area contributed by atoms with Crippen LogP contribution >= 0.6 is 0 Å². The first-order valence-corrected chi connectivity index (χ1v) is 12.9. The molecule has 0 spiro atoms. The second kappa shape index (κ2) is 12.3. The first-order valence-electron chi connectivity index (χ1n) is 12.9. The highest BCUT2D eigenvalue weighted by Gasteiger charge is 2.19. The monoisotopic (exact) mass is 526 g/mol. The number of morpholine rings is 1. The number of anilines is 2. The van der Waals surface area contributed by atoms with Gasteiger partial charge in [0.2, 0.25) is 0 Å². The molecule has 0 unspecified atom stereocenters. The molecule has 0 bridgehead atoms. The molecule has 0 saturated carbocycles. The number of rotatable bonds is 9. The van der Waals surface area contributed by atoms with Gasteiger partial charge < -0.3 is 24.8 Å². The van der Waals surface area contributed by atoms with E-state index in [2.05, 4.69) is 26.7 Å². The maximum atomic E-state index is 12.5. The Bertz CT molecular complexity index is 1460. The van der Waals surface area contributed by atoms with E-state index in [0.29, 0.717) is 40.4 Å². The number of nitrogens with zero attached hydrogens (tertiary/aromatic N) is 4. The normalized spacial score (nSPS) is 13.5. The lowest BCUT2D eigenvalue weighted by Crippen LogP contribution is -2.38. The second-order valence-electron chi connectivity index (χ2n) is 9.14. The van der Waals surface area contributed by atoms with Crippen molar-refractivity contribution in [2.24, 2.45) is 0 Å². The molecule has 1 fully saturated rings. The molecule has 0 atom stereocenters. The average Bonchev–Trinajstić information content (AvgIpc) is 3.28. The Hall–Kier alpha value is -4.59. The zero-order valence-electron chi connectivity index (χ0n) is 21.7. The van der Waals surface area contributed by atoms with Crippen LogP contribution in [0.3, 0.4) is 0 Å². The van der Waals surface area contributed by atoms with Crippen LogP contribution in [0.2, 0.25) is 0 Å². The van der Waals surface area contributed by atoms with Gasteiger partial charge >= 0.3 is 6.09 Å². The fraction of sp³-hybridized carbons (Fsp3) is 0.276. The van der Waals surface area contributed by atoms with Crippen molar-refractivity contribution in [1.82, 2.24) is 19.8 Å². The fourth-order valence-electron chi connectivity index (χ4n) is 4.41. The third-order valence-corrected chi connectivity index (χ3v) is 6.46. The summed E-state index contributed by atoms with van der Waals surface area (Å²) in [5.41, 5.74) is 3.04. The number of nitriles is 1. The summed E-state index contributed by atoms with van der Waals surface area (Å²) in [5.74, 6) is 1.81. The van der Waals surface area contributed by atoms with Gasteiger partial charge in [0.1, 0.15) is 17.6 Å². The summed E-state index contributed by atoms with van der Waals surface area (Å²) in [4.78, 5) is 14.8. The summed E-state index contributed by atoms with van der Waals surface area (Å²) in [6.07, 6.45) is 3.42. The van der Waals surface area contributed by atoms with Gasteiger partial charge in [0.05, 0.1) is 42.4 Å². The van der Waals surface area contributed by atoms with Crippen LogP contribution in [-0.2, 0) is 4.74 Å². The molecule has 200 valence electrons. The van der Waals surface area contributed by atoms with Crippen molar-refractivity contribution in [3.05, 3.63) is 78.1 Å². The van der Waals surface area contributed by atoms with Crippen molar-refractivity contribution < 1.29 is 19.0 Å². The van der Waals surface area contributed by atoms with Crippen LogP contribution in [0, 0.1) is 18.3 Å². The number of fused-ring (bicyclic) bond motifs is 1. The summed E-state index contributed by atoms with van der Waals surface area (Å²) >= 11 is 0. The third-order valence-electron chi connectivity index (χ3n) is 6.46. The van der Waals surface area contributed by atoms with Crippen LogP contribution < -0.4 is 20.1 Å². The molecule has 10 nitrogen and oxygen atoms in total. The van der Waals surface area contributed by atoms with Crippen molar-refractivity contribution in [2.45, 2.75) is 13.3 Å². The van der Waals surface area contributed by atoms with E-state index in [1.54, 1.807) is 10.7 Å². The quantitative estimate of drug-likeness (QED) is 0.297. The third kappa shape index (κ3) is 6.46. The van der Waals surface area contributed by atoms with Gasteiger partial charge in [-0.3, -0.25) is 4.90 Å². The first kappa shape index (κ1) is 26.0. The maximum absolute atomic E-state index is 12.5. The van der Waals surface area contributed by atoms with Gasteiger partial charge in [-0.15, -0.1) is 0 Å². The maximum Gasteiger partial charge on any atom is 0.412 e. The average molecular weight is 527 g/mol. The lowest BCUT2D eigenvalue weighted by Gasteiger charge is -2.26. The largest absolute Gasteiger partial charge is 0.457 e. The first-order chi connectivity index (χ1) is 19.1. The number of ether oxygens (including phenoxy) is 3. The Kier molecular flexibility index (Phi) is 8.21. The lowest BCUT2D eigenvalue weighted by atomic mass is 10.1. The van der Waals surface area contributed by atoms with Gasteiger partial charge in [0.25, 0.3) is 0 Å². The zero-order chi connectivity index (χ0) is 27.0. The number of amides is 1. The summed E-state index contributed by atoms with van der Waals surface area (Å²) in [6, 6.07) is 19.2. The van der Waals surface area contributed by atoms with Crippen molar-refractivity contribution in [2.75, 3.05) is 44.7 Å². The minimum absolute atomic E-state index is 0.368. The molecule has 2 aromatic carbocycles. The Morgan fingerprint density at radius 1 is 1.10 bits per heavy atom. The second-order valence-corrected chi connectivity index (χ2v) is 9.14. The number of hydrogen-bond acceptors (Lipinski definition) is 8. The summed E-state index contributed by atoms with van der Waals surface area (Å²) in [5, 5.41) is 20.2. The molecule has 3 heterocycles. The molecule has 2 N–H and O–H groups in total. The molecule has 1 aliphatic heterocycles. The molecule has 1 amide bonds. The fourth-order valence-corrected chi connectivity index (χ4v) is 4.41. The highest BCUT2D eigenvalue weighted by atomic mass is 16.6. The minimum atomic E-state index is -0.528. The van der Waals surface area contributed by atoms with E-state index in [0.717, 1.165) is 50.7 Å². The van der Waals surface area contributed by atoms with E-state index >= 15 is 0 Å². The molecule has 0 radical (unpaired) electrons. The van der Waals surface area contributed by atoms with Gasteiger partial charge in [-0.05, 0) is 56.3 Å². The highest BCUT2D eigenvalue weighted by Crippen LogP contribution is 2.34. The summed E-state index contributed by atoms with van der Waals surface area (Å²) < 4.78 is 18.4. The number of carbonyl (C=O) groups is 1. The molecule has 39 heavy (non-hydrogen) atoms. The van der Waals surface area contributed by atoms with Gasteiger partial charge in [0, 0.05) is 30.9 Å². The molecule has 4 aromatic rings. The topological polar surface area (TPSA) is 113 Å². The van der Waals surface area contributed by atoms with Gasteiger partial charge in [-0.1, -0.05) is 18.2 Å². The molecule has 2 aromatic heterocycles. The minimum Gasteiger partial charge on any atom is -0.457 e. The standard InChI is InChI=1S/C29H30N6O4/c1-21-26(39-29(36)31-12-5-13-34-14-16-37-17-15-34)20-35-28(21)27(22(18-30)19-32-35)33-23-8-10-25(11-9-23)38-24-6-3-2-4-7-24/h2-4,6-11,19-20,33H,5,12-17H2,1H3,(H,31,36). The molecular weight excluding hydrogens is 496 g/mol. The van der Waals surface area contributed by atoms with E-state index in [9.17, 15) is 10.1 Å². The van der Waals surface area contributed by atoms with Gasteiger partial charge in [0.15, 0.2) is 5.75 Å². The van der Waals surface area contributed by atoms with Crippen molar-refractivity contribution in [1.29, 1.82) is 5.26 Å². The zero-order valence-corrected chi connectivity index (χ0v) is 21.7. The van der Waals surface area contributed by atoms with Crippen LogP contribution in [0.1, 0.15) is 17.5 Å². The Morgan fingerprint density at radius 2 is 1.85 bits per heavy atom. The molecule has 1 saturated heterocycles. The van der Waals surface area contributed by atoms with Crippen LogP contribution in [0.15, 0.2) is 67.0 Å². The Labute approximate surface area is 226 Å². The Balaban J connectivity index is 1.26.